The predicted molar refractivity (Wildman–Crippen MR) is 56.9 cm³/mol. The Morgan fingerprint density at radius 2 is 2.07 bits per heavy atom. The van der Waals surface area contributed by atoms with E-state index in [4.69, 9.17) is 4.74 Å². The Kier molecular flexibility index (Phi) is 2.72. The normalized spacial score (nSPS) is 19.7. The van der Waals surface area contributed by atoms with Gasteiger partial charge in [0.25, 0.3) is 0 Å². The molecule has 1 aromatic rings. The van der Waals surface area contributed by atoms with E-state index in [0.29, 0.717) is 12.2 Å². The lowest BCUT2D eigenvalue weighted by Gasteiger charge is -2.04. The quantitative estimate of drug-likeness (QED) is 0.758. The molecule has 0 saturated carbocycles. The van der Waals surface area contributed by atoms with Gasteiger partial charge in [0.2, 0.25) is 0 Å². The number of cyclic esters (lactones) is 1. The van der Waals surface area contributed by atoms with Gasteiger partial charge in [0.05, 0.1) is 0 Å². The number of ether oxygens (including phenoxy) is 1. The number of hydrogen-bond acceptors (Lipinski definition) is 3. The van der Waals surface area contributed by atoms with Crippen LogP contribution in [0.3, 0.4) is 0 Å². The van der Waals surface area contributed by atoms with E-state index in [2.05, 4.69) is 5.32 Å². The lowest BCUT2D eigenvalue weighted by Crippen LogP contribution is -2.17. The highest BCUT2D eigenvalue weighted by Crippen LogP contribution is 2.11. The van der Waals surface area contributed by atoms with Crippen LogP contribution in [0, 0.1) is 0 Å². The molecule has 0 aromatic heterocycles. The maximum absolute atomic E-state index is 11.3. The number of carbonyl (C=O) groups is 1. The van der Waals surface area contributed by atoms with Crippen molar-refractivity contribution in [2.75, 3.05) is 0 Å². The summed E-state index contributed by atoms with van der Waals surface area (Å²) in [6, 6.07) is 9.94. The van der Waals surface area contributed by atoms with E-state index in [-0.39, 0.29) is 12.1 Å². The lowest BCUT2D eigenvalue weighted by atomic mass is 10.2. The third kappa shape index (κ3) is 2.37. The summed E-state index contributed by atoms with van der Waals surface area (Å²) < 4.78 is 4.97. The predicted octanol–water partition coefficient (Wildman–Crippen LogP) is 1.61. The smallest absolute Gasteiger partial charge is 0.354 e. The summed E-state index contributed by atoms with van der Waals surface area (Å²) in [7, 11) is 0. The number of carbonyl (C=O) groups excluding carboxylic acids is 1. The lowest BCUT2D eigenvalue weighted by molar-refractivity contribution is -0.139. The molecule has 1 atom stereocenters. The third-order valence-electron chi connectivity index (χ3n) is 2.24. The van der Waals surface area contributed by atoms with E-state index >= 15 is 0 Å². The zero-order valence-electron chi connectivity index (χ0n) is 8.57. The fourth-order valence-electron chi connectivity index (χ4n) is 1.49. The first-order valence-corrected chi connectivity index (χ1v) is 4.96. The van der Waals surface area contributed by atoms with Gasteiger partial charge in [0.15, 0.2) is 0 Å². The van der Waals surface area contributed by atoms with Crippen molar-refractivity contribution in [2.24, 2.45) is 0 Å². The van der Waals surface area contributed by atoms with Gasteiger partial charge in [-0.05, 0) is 18.6 Å². The van der Waals surface area contributed by atoms with Crippen LogP contribution in [-0.4, -0.2) is 12.1 Å². The minimum absolute atomic E-state index is 0.115. The average Bonchev–Trinajstić information content (AvgIpc) is 2.56. The Morgan fingerprint density at radius 3 is 2.67 bits per heavy atom. The van der Waals surface area contributed by atoms with E-state index in [1.54, 1.807) is 6.08 Å². The molecule has 1 N–H and O–H groups in total. The fraction of sp³-hybridized carbons (Fsp3) is 0.250. The second-order valence-corrected chi connectivity index (χ2v) is 3.53. The standard InChI is InChI=1S/C12H13NO2/c1-9-7-11(12(14)15-9)13-8-10-5-3-2-4-6-10/h2-7,9,13H,8H2,1H3/t9-/m1/s1. The highest BCUT2D eigenvalue weighted by molar-refractivity contribution is 5.90. The van der Waals surface area contributed by atoms with E-state index < -0.39 is 0 Å². The van der Waals surface area contributed by atoms with E-state index in [1.807, 2.05) is 37.3 Å². The first kappa shape index (κ1) is 9.77. The van der Waals surface area contributed by atoms with Crippen molar-refractivity contribution in [3.8, 4) is 0 Å². The number of hydrogen-bond donors (Lipinski definition) is 1. The molecule has 0 radical (unpaired) electrons. The zero-order valence-corrected chi connectivity index (χ0v) is 8.57. The average molecular weight is 203 g/mol. The molecule has 1 aliphatic rings. The van der Waals surface area contributed by atoms with Crippen molar-refractivity contribution in [3.63, 3.8) is 0 Å². The summed E-state index contributed by atoms with van der Waals surface area (Å²) in [5, 5.41) is 3.06. The number of nitrogens with one attached hydrogen (secondary N) is 1. The molecule has 78 valence electrons. The van der Waals surface area contributed by atoms with E-state index in [0.717, 1.165) is 5.56 Å². The molecule has 0 spiro atoms. The summed E-state index contributed by atoms with van der Waals surface area (Å²) in [4.78, 5) is 11.3. The minimum atomic E-state index is -0.265. The highest BCUT2D eigenvalue weighted by Gasteiger charge is 2.21. The van der Waals surface area contributed by atoms with Crippen molar-refractivity contribution in [3.05, 3.63) is 47.7 Å². The van der Waals surface area contributed by atoms with Gasteiger partial charge in [-0.1, -0.05) is 30.3 Å². The minimum Gasteiger partial charge on any atom is -0.454 e. The van der Waals surface area contributed by atoms with E-state index in [1.165, 1.54) is 0 Å². The van der Waals surface area contributed by atoms with Gasteiger partial charge in [0.1, 0.15) is 11.8 Å². The fourth-order valence-corrected chi connectivity index (χ4v) is 1.49. The molecule has 15 heavy (non-hydrogen) atoms. The van der Waals surface area contributed by atoms with Gasteiger partial charge >= 0.3 is 5.97 Å². The maximum atomic E-state index is 11.3. The van der Waals surface area contributed by atoms with E-state index in [9.17, 15) is 4.79 Å². The first-order chi connectivity index (χ1) is 7.25. The Balaban J connectivity index is 1.94. The molecular formula is C12H13NO2. The van der Waals surface area contributed by atoms with Crippen LogP contribution in [0.25, 0.3) is 0 Å². The van der Waals surface area contributed by atoms with Crippen LogP contribution in [0.4, 0.5) is 0 Å². The van der Waals surface area contributed by atoms with Gasteiger partial charge in [-0.25, -0.2) is 4.79 Å². The van der Waals surface area contributed by atoms with Gasteiger partial charge in [-0.2, -0.15) is 0 Å². The van der Waals surface area contributed by atoms with Gasteiger partial charge < -0.3 is 10.1 Å². The molecule has 3 nitrogen and oxygen atoms in total. The Morgan fingerprint density at radius 1 is 1.33 bits per heavy atom. The summed E-state index contributed by atoms with van der Waals surface area (Å²) in [6.45, 7) is 2.49. The van der Waals surface area contributed by atoms with Crippen LogP contribution in [-0.2, 0) is 16.1 Å². The molecule has 0 amide bonds. The van der Waals surface area contributed by atoms with Crippen molar-refractivity contribution < 1.29 is 9.53 Å². The van der Waals surface area contributed by atoms with Crippen molar-refractivity contribution >= 4 is 5.97 Å². The van der Waals surface area contributed by atoms with Crippen LogP contribution in [0.2, 0.25) is 0 Å². The number of benzene rings is 1. The SMILES string of the molecule is C[C@@H]1C=C(NCc2ccccc2)C(=O)O1. The molecule has 1 heterocycles. The van der Waals surface area contributed by atoms with Crippen molar-refractivity contribution in [2.45, 2.75) is 19.6 Å². The molecule has 3 heteroatoms. The summed E-state index contributed by atoms with van der Waals surface area (Å²) >= 11 is 0. The highest BCUT2D eigenvalue weighted by atomic mass is 16.5. The van der Waals surface area contributed by atoms with Crippen LogP contribution >= 0.6 is 0 Å². The molecule has 0 aliphatic carbocycles. The van der Waals surface area contributed by atoms with Crippen molar-refractivity contribution in [1.29, 1.82) is 0 Å². The second-order valence-electron chi connectivity index (χ2n) is 3.53. The monoisotopic (exact) mass is 203 g/mol. The maximum Gasteiger partial charge on any atom is 0.354 e. The molecule has 2 rings (SSSR count). The van der Waals surface area contributed by atoms with Gasteiger partial charge in [-0.3, -0.25) is 0 Å². The first-order valence-electron chi connectivity index (χ1n) is 4.96. The zero-order chi connectivity index (χ0) is 10.7. The topological polar surface area (TPSA) is 38.3 Å². The summed E-state index contributed by atoms with van der Waals surface area (Å²) in [5.41, 5.74) is 1.71. The largest absolute Gasteiger partial charge is 0.454 e. The van der Waals surface area contributed by atoms with Crippen molar-refractivity contribution in [1.82, 2.24) is 5.32 Å². The molecule has 1 aliphatic heterocycles. The third-order valence-corrected chi connectivity index (χ3v) is 2.24. The molecule has 1 aromatic carbocycles. The van der Waals surface area contributed by atoms with Crippen LogP contribution in [0.5, 0.6) is 0 Å². The van der Waals surface area contributed by atoms with Crippen LogP contribution in [0.1, 0.15) is 12.5 Å². The Hall–Kier alpha value is -1.77. The molecule has 0 bridgehead atoms. The Bertz CT molecular complexity index is 384. The second kappa shape index (κ2) is 4.17. The molecule has 0 saturated heterocycles. The molecule has 0 fully saturated rings. The van der Waals surface area contributed by atoms with Gasteiger partial charge in [-0.15, -0.1) is 0 Å². The van der Waals surface area contributed by atoms with Crippen LogP contribution in [0.15, 0.2) is 42.1 Å². The molecule has 0 unspecified atom stereocenters. The molecular weight excluding hydrogens is 190 g/mol. The summed E-state index contributed by atoms with van der Waals surface area (Å²) in [6.07, 6.45) is 1.68. The van der Waals surface area contributed by atoms with Crippen LogP contribution < -0.4 is 5.32 Å². The number of rotatable bonds is 3. The summed E-state index contributed by atoms with van der Waals surface area (Å²) in [5.74, 6) is -0.265. The van der Waals surface area contributed by atoms with Gasteiger partial charge in [0, 0.05) is 6.54 Å². The number of esters is 1. The Labute approximate surface area is 88.8 Å².